The molecular weight excluding hydrogens is 383 g/mol. The third kappa shape index (κ3) is 4.94. The number of aromatic nitrogens is 2. The smallest absolute Gasteiger partial charge is 0.340 e. The molecule has 0 spiro atoms. The highest BCUT2D eigenvalue weighted by molar-refractivity contribution is 7.13. The van der Waals surface area contributed by atoms with E-state index in [0.717, 1.165) is 23.5 Å². The zero-order valence-electron chi connectivity index (χ0n) is 14.0. The highest BCUT2D eigenvalue weighted by atomic mass is 32.1. The molecule has 1 unspecified atom stereocenters. The van der Waals surface area contributed by atoms with Crippen molar-refractivity contribution in [2.75, 3.05) is 18.4 Å². The molecule has 11 heteroatoms. The molecule has 2 N–H and O–H groups in total. The number of likely N-dealkylation sites (tertiary alicyclic amines) is 1. The van der Waals surface area contributed by atoms with E-state index in [0.29, 0.717) is 19.4 Å². The maximum Gasteiger partial charge on any atom is 0.416 e. The number of hydrogen-bond acceptors (Lipinski definition) is 5. The lowest BCUT2D eigenvalue weighted by molar-refractivity contribution is -0.137. The van der Waals surface area contributed by atoms with E-state index in [9.17, 15) is 22.8 Å². The van der Waals surface area contributed by atoms with Gasteiger partial charge in [-0.1, -0.05) is 23.5 Å². The van der Waals surface area contributed by atoms with E-state index in [1.54, 1.807) is 0 Å². The summed E-state index contributed by atoms with van der Waals surface area (Å²) in [6, 6.07) is 3.27. The van der Waals surface area contributed by atoms with Gasteiger partial charge in [0.1, 0.15) is 5.51 Å². The van der Waals surface area contributed by atoms with Crippen LogP contribution in [0.4, 0.5) is 23.1 Å². The molecule has 0 saturated carbocycles. The first kappa shape index (κ1) is 19.1. The molecular formula is C16H16F3N5O2S. The van der Waals surface area contributed by atoms with E-state index in [1.165, 1.54) is 22.5 Å². The second-order valence-corrected chi connectivity index (χ2v) is 6.79. The SMILES string of the molecule is O=C(Nc1nncs1)NC(CN1CCCC1=O)c1cccc(C(F)(F)F)c1. The minimum Gasteiger partial charge on any atom is -0.340 e. The van der Waals surface area contributed by atoms with Crippen molar-refractivity contribution in [2.45, 2.75) is 25.1 Å². The number of alkyl halides is 3. The Balaban J connectivity index is 1.80. The number of benzene rings is 1. The van der Waals surface area contributed by atoms with Crippen molar-refractivity contribution in [2.24, 2.45) is 0 Å². The van der Waals surface area contributed by atoms with Crippen molar-refractivity contribution < 1.29 is 22.8 Å². The third-order valence-electron chi connectivity index (χ3n) is 4.08. The van der Waals surface area contributed by atoms with Gasteiger partial charge >= 0.3 is 12.2 Å². The lowest BCUT2D eigenvalue weighted by Crippen LogP contribution is -2.40. The molecule has 27 heavy (non-hydrogen) atoms. The molecule has 144 valence electrons. The van der Waals surface area contributed by atoms with Crippen LogP contribution in [0.3, 0.4) is 0 Å². The first-order chi connectivity index (χ1) is 12.8. The van der Waals surface area contributed by atoms with Crippen LogP contribution >= 0.6 is 11.3 Å². The largest absolute Gasteiger partial charge is 0.416 e. The van der Waals surface area contributed by atoms with Crippen LogP contribution in [0.1, 0.15) is 30.0 Å². The molecule has 1 aliphatic heterocycles. The second-order valence-electron chi connectivity index (χ2n) is 5.96. The zero-order valence-corrected chi connectivity index (χ0v) is 14.8. The lowest BCUT2D eigenvalue weighted by atomic mass is 10.0. The Labute approximate surface area is 156 Å². The Morgan fingerprint density at radius 1 is 1.37 bits per heavy atom. The van der Waals surface area contributed by atoms with Crippen molar-refractivity contribution in [3.8, 4) is 0 Å². The third-order valence-corrected chi connectivity index (χ3v) is 4.68. The van der Waals surface area contributed by atoms with Crippen molar-refractivity contribution in [1.29, 1.82) is 0 Å². The summed E-state index contributed by atoms with van der Waals surface area (Å²) in [5.41, 5.74) is 0.879. The monoisotopic (exact) mass is 399 g/mol. The van der Waals surface area contributed by atoms with Crippen LogP contribution in [0.15, 0.2) is 29.8 Å². The molecule has 1 aromatic carbocycles. The summed E-state index contributed by atoms with van der Waals surface area (Å²) in [6.45, 7) is 0.595. The normalized spacial score (nSPS) is 15.7. The number of urea groups is 1. The summed E-state index contributed by atoms with van der Waals surface area (Å²) in [5.74, 6) is -0.0849. The van der Waals surface area contributed by atoms with E-state index in [-0.39, 0.29) is 23.1 Å². The van der Waals surface area contributed by atoms with Gasteiger partial charge in [0.2, 0.25) is 11.0 Å². The molecule has 3 rings (SSSR count). The summed E-state index contributed by atoms with van der Waals surface area (Å²) in [6.07, 6.45) is -3.42. The molecule has 2 heterocycles. The summed E-state index contributed by atoms with van der Waals surface area (Å²) >= 11 is 1.11. The summed E-state index contributed by atoms with van der Waals surface area (Å²) in [4.78, 5) is 25.7. The first-order valence-corrected chi connectivity index (χ1v) is 8.99. The van der Waals surface area contributed by atoms with Crippen LogP contribution in [0.2, 0.25) is 0 Å². The molecule has 1 saturated heterocycles. The van der Waals surface area contributed by atoms with Gasteiger partial charge in [-0.3, -0.25) is 10.1 Å². The molecule has 1 aromatic heterocycles. The van der Waals surface area contributed by atoms with Crippen LogP contribution in [-0.2, 0) is 11.0 Å². The minimum atomic E-state index is -4.50. The van der Waals surface area contributed by atoms with Crippen molar-refractivity contribution in [3.63, 3.8) is 0 Å². The quantitative estimate of drug-likeness (QED) is 0.809. The topological polar surface area (TPSA) is 87.2 Å². The molecule has 0 radical (unpaired) electrons. The molecule has 0 aliphatic carbocycles. The molecule has 0 bridgehead atoms. The Bertz CT molecular complexity index is 813. The predicted octanol–water partition coefficient (Wildman–Crippen LogP) is 3.04. The highest BCUT2D eigenvalue weighted by Crippen LogP contribution is 2.31. The number of halogens is 3. The van der Waals surface area contributed by atoms with Crippen LogP contribution in [0, 0.1) is 0 Å². The summed E-state index contributed by atoms with van der Waals surface area (Å²) in [7, 11) is 0. The number of nitrogens with one attached hydrogen (secondary N) is 2. The van der Waals surface area contributed by atoms with Gasteiger partial charge in [-0.25, -0.2) is 4.79 Å². The average molecular weight is 399 g/mol. The molecule has 7 nitrogen and oxygen atoms in total. The Morgan fingerprint density at radius 3 is 2.81 bits per heavy atom. The maximum atomic E-state index is 13.0. The van der Waals surface area contributed by atoms with Gasteiger partial charge in [0.25, 0.3) is 0 Å². The van der Waals surface area contributed by atoms with Gasteiger partial charge in [0, 0.05) is 19.5 Å². The number of anilines is 1. The number of nitrogens with zero attached hydrogens (tertiary/aromatic N) is 3. The standard InChI is InChI=1S/C16H16F3N5O2S/c17-16(18,19)11-4-1-3-10(7-11)12(8-24-6-2-5-13(24)25)21-14(26)22-15-23-20-9-27-15/h1,3-4,7,9,12H,2,5-6,8H2,(H2,21,22,23,26). The van der Waals surface area contributed by atoms with Crippen LogP contribution in [-0.4, -0.2) is 40.1 Å². The molecule has 1 fully saturated rings. The van der Waals surface area contributed by atoms with Crippen molar-refractivity contribution in [3.05, 3.63) is 40.9 Å². The Morgan fingerprint density at radius 2 is 2.19 bits per heavy atom. The lowest BCUT2D eigenvalue weighted by Gasteiger charge is -2.25. The maximum absolute atomic E-state index is 13.0. The summed E-state index contributed by atoms with van der Waals surface area (Å²) in [5, 5.41) is 12.6. The number of carbonyl (C=O) groups is 2. The molecule has 1 aliphatic rings. The van der Waals surface area contributed by atoms with Gasteiger partial charge in [0.15, 0.2) is 0 Å². The van der Waals surface area contributed by atoms with Crippen LogP contribution in [0.25, 0.3) is 0 Å². The number of hydrogen-bond donors (Lipinski definition) is 2. The molecule has 1 atom stereocenters. The summed E-state index contributed by atoms with van der Waals surface area (Å²) < 4.78 is 39.1. The Hall–Kier alpha value is -2.69. The van der Waals surface area contributed by atoms with Crippen LogP contribution < -0.4 is 10.6 Å². The minimum absolute atomic E-state index is 0.0849. The Kier molecular flexibility index (Phi) is 5.59. The second kappa shape index (κ2) is 7.91. The van der Waals surface area contributed by atoms with E-state index >= 15 is 0 Å². The van der Waals surface area contributed by atoms with Gasteiger partial charge in [-0.15, -0.1) is 10.2 Å². The van der Waals surface area contributed by atoms with Gasteiger partial charge < -0.3 is 10.2 Å². The fraction of sp³-hybridized carbons (Fsp3) is 0.375. The number of amides is 3. The van der Waals surface area contributed by atoms with E-state index < -0.39 is 23.8 Å². The first-order valence-electron chi connectivity index (χ1n) is 8.11. The predicted molar refractivity (Wildman–Crippen MR) is 92.1 cm³/mol. The highest BCUT2D eigenvalue weighted by Gasteiger charge is 2.32. The zero-order chi connectivity index (χ0) is 19.4. The van der Waals surface area contributed by atoms with Crippen LogP contribution in [0.5, 0.6) is 0 Å². The molecule has 3 amide bonds. The van der Waals surface area contributed by atoms with Gasteiger partial charge in [-0.2, -0.15) is 13.2 Å². The van der Waals surface area contributed by atoms with Crippen molar-refractivity contribution in [1.82, 2.24) is 20.4 Å². The fourth-order valence-corrected chi connectivity index (χ4v) is 3.24. The average Bonchev–Trinajstić information content (AvgIpc) is 3.26. The number of rotatable bonds is 5. The van der Waals surface area contributed by atoms with E-state index in [1.807, 2.05) is 0 Å². The van der Waals surface area contributed by atoms with Gasteiger partial charge in [-0.05, 0) is 24.1 Å². The van der Waals surface area contributed by atoms with E-state index in [4.69, 9.17) is 0 Å². The fourth-order valence-electron chi connectivity index (χ4n) is 2.80. The molecule has 2 aromatic rings. The van der Waals surface area contributed by atoms with Crippen molar-refractivity contribution >= 4 is 28.4 Å². The van der Waals surface area contributed by atoms with E-state index in [2.05, 4.69) is 20.8 Å². The number of carbonyl (C=O) groups excluding carboxylic acids is 2. The van der Waals surface area contributed by atoms with Gasteiger partial charge in [0.05, 0.1) is 11.6 Å².